The summed E-state index contributed by atoms with van der Waals surface area (Å²) in [6.45, 7) is 4.33. The Bertz CT molecular complexity index is 1870. The number of rotatable bonds is 10. The first kappa shape index (κ1) is 38.8. The number of nitrogens with two attached hydrogens (primary N) is 1. The van der Waals surface area contributed by atoms with Gasteiger partial charge in [-0.1, -0.05) is 30.3 Å². The first-order valence-electron chi connectivity index (χ1n) is 17.6. The van der Waals surface area contributed by atoms with Gasteiger partial charge in [0.1, 0.15) is 6.04 Å². The molecule has 1 aliphatic heterocycles. The Morgan fingerprint density at radius 3 is 2.31 bits per heavy atom. The maximum Gasteiger partial charge on any atom is 0.449 e. The average Bonchev–Trinajstić information content (AvgIpc) is 3.57. The highest BCUT2D eigenvalue weighted by Gasteiger charge is 2.35. The van der Waals surface area contributed by atoms with Gasteiger partial charge in [0.15, 0.2) is 0 Å². The summed E-state index contributed by atoms with van der Waals surface area (Å²) in [5.74, 6) is -1.75. The third-order valence-corrected chi connectivity index (χ3v) is 10.1. The van der Waals surface area contributed by atoms with Crippen LogP contribution >= 0.6 is 12.4 Å². The molecule has 4 aromatic rings. The van der Waals surface area contributed by atoms with E-state index in [9.17, 15) is 27.6 Å². The zero-order valence-corrected chi connectivity index (χ0v) is 29.8. The van der Waals surface area contributed by atoms with Gasteiger partial charge in [-0.15, -0.1) is 12.4 Å². The number of alkyl halides is 3. The Hall–Kier alpha value is -4.46. The number of amides is 3. The largest absolute Gasteiger partial charge is 0.449 e. The number of imidazole rings is 1. The van der Waals surface area contributed by atoms with Crippen LogP contribution in [0.2, 0.25) is 0 Å². The minimum Gasteiger partial charge on any atom is -0.349 e. The minimum atomic E-state index is -4.64. The quantitative estimate of drug-likeness (QED) is 0.119. The van der Waals surface area contributed by atoms with Crippen LogP contribution in [0.1, 0.15) is 65.8 Å². The molecule has 0 bridgehead atoms. The molecule has 52 heavy (non-hydrogen) atoms. The number of halogens is 4. The number of hydrogen-bond acceptors (Lipinski definition) is 6. The molecule has 10 nitrogen and oxygen atoms in total. The number of aromatic amines is 1. The Morgan fingerprint density at radius 1 is 0.942 bits per heavy atom. The lowest BCUT2D eigenvalue weighted by molar-refractivity contribution is -0.144. The van der Waals surface area contributed by atoms with E-state index in [1.54, 1.807) is 0 Å². The molecule has 1 saturated carbocycles. The molecule has 1 saturated heterocycles. The second kappa shape index (κ2) is 16.9. The van der Waals surface area contributed by atoms with Crippen LogP contribution < -0.4 is 27.0 Å². The van der Waals surface area contributed by atoms with Crippen LogP contribution in [0.15, 0.2) is 60.7 Å². The number of H-pyrrole nitrogens is 1. The first-order chi connectivity index (χ1) is 24.5. The monoisotopic (exact) mass is 739 g/mol. The molecule has 3 amide bonds. The molecule has 1 aromatic heterocycles. The molecule has 2 fully saturated rings. The van der Waals surface area contributed by atoms with E-state index in [1.165, 1.54) is 18.2 Å². The summed E-state index contributed by atoms with van der Waals surface area (Å²) in [6, 6.07) is 16.8. The molecule has 7 N–H and O–H groups in total. The number of hydrogen-bond donors (Lipinski definition) is 6. The maximum atomic E-state index is 13.7. The molecule has 0 spiro atoms. The zero-order valence-electron chi connectivity index (χ0n) is 28.9. The number of fused-ring (bicyclic) bond motifs is 1. The number of carbonyl (C=O) groups is 3. The van der Waals surface area contributed by atoms with E-state index < -0.39 is 23.9 Å². The van der Waals surface area contributed by atoms with E-state index >= 15 is 0 Å². The van der Waals surface area contributed by atoms with Crippen LogP contribution in [0.25, 0.3) is 22.2 Å². The minimum absolute atomic E-state index is 0. The number of carbonyl (C=O) groups excluding carboxylic acids is 3. The van der Waals surface area contributed by atoms with E-state index in [0.29, 0.717) is 30.9 Å². The number of nitrogens with zero attached hydrogens (tertiary/aromatic N) is 1. The lowest BCUT2D eigenvalue weighted by Crippen LogP contribution is -2.48. The maximum absolute atomic E-state index is 13.7. The average molecular weight is 740 g/mol. The summed E-state index contributed by atoms with van der Waals surface area (Å²) < 4.78 is 39.6. The Kier molecular flexibility index (Phi) is 12.6. The van der Waals surface area contributed by atoms with Gasteiger partial charge in [0.25, 0.3) is 5.91 Å². The molecule has 1 aliphatic carbocycles. The normalized spacial score (nSPS) is 18.6. The number of aromatic nitrogens is 2. The van der Waals surface area contributed by atoms with Crippen LogP contribution in [0.5, 0.6) is 0 Å². The molecule has 1 atom stereocenters. The van der Waals surface area contributed by atoms with Crippen molar-refractivity contribution < 1.29 is 27.6 Å². The molecular formula is C38H45ClF3N7O3. The molecule has 2 aliphatic rings. The summed E-state index contributed by atoms with van der Waals surface area (Å²) in [5, 5.41) is 12.2. The van der Waals surface area contributed by atoms with Crippen molar-refractivity contribution in [1.29, 1.82) is 0 Å². The van der Waals surface area contributed by atoms with Crippen molar-refractivity contribution in [2.75, 3.05) is 25.0 Å². The first-order valence-corrected chi connectivity index (χ1v) is 17.6. The summed E-state index contributed by atoms with van der Waals surface area (Å²) in [6.07, 6.45) is 0.436. The van der Waals surface area contributed by atoms with Gasteiger partial charge < -0.3 is 32.0 Å². The fourth-order valence-corrected chi connectivity index (χ4v) is 7.03. The Labute approximate surface area is 306 Å². The molecular weight excluding hydrogens is 695 g/mol. The molecule has 2 heterocycles. The Balaban J connectivity index is 0.00000523. The SMILES string of the molecule is Cc1cc(C(=O)NC2CCNCC2)ccc1-c1ccc(C[C@H](NC(=O)C2CCC(CN)CC2)C(=O)Nc2ccc3nc(C(F)(F)F)[nH]c3c2)cc1.Cl. The van der Waals surface area contributed by atoms with Crippen LogP contribution in [0.4, 0.5) is 18.9 Å². The highest BCUT2D eigenvalue weighted by atomic mass is 35.5. The van der Waals surface area contributed by atoms with Gasteiger partial charge in [-0.05, 0) is 124 Å². The van der Waals surface area contributed by atoms with Gasteiger partial charge in [0.2, 0.25) is 17.6 Å². The van der Waals surface area contributed by atoms with E-state index in [-0.39, 0.29) is 59.3 Å². The van der Waals surface area contributed by atoms with Crippen molar-refractivity contribution >= 4 is 46.8 Å². The van der Waals surface area contributed by atoms with E-state index in [2.05, 4.69) is 31.2 Å². The van der Waals surface area contributed by atoms with Gasteiger partial charge in [0.05, 0.1) is 11.0 Å². The number of benzene rings is 3. The fraction of sp³-hybridized carbons (Fsp3) is 0.421. The van der Waals surface area contributed by atoms with E-state index in [1.807, 2.05) is 49.4 Å². The van der Waals surface area contributed by atoms with Crippen LogP contribution in [-0.2, 0) is 22.2 Å². The van der Waals surface area contributed by atoms with Crippen molar-refractivity contribution in [2.45, 2.75) is 70.1 Å². The smallest absolute Gasteiger partial charge is 0.349 e. The molecule has 14 heteroatoms. The van der Waals surface area contributed by atoms with Crippen LogP contribution in [0, 0.1) is 18.8 Å². The predicted molar refractivity (Wildman–Crippen MR) is 197 cm³/mol. The van der Waals surface area contributed by atoms with Crippen molar-refractivity contribution in [1.82, 2.24) is 25.9 Å². The third-order valence-electron chi connectivity index (χ3n) is 10.1. The van der Waals surface area contributed by atoms with E-state index in [4.69, 9.17) is 5.73 Å². The number of piperidine rings is 1. The molecule has 0 unspecified atom stereocenters. The lowest BCUT2D eigenvalue weighted by Gasteiger charge is -2.28. The summed E-state index contributed by atoms with van der Waals surface area (Å²) >= 11 is 0. The zero-order chi connectivity index (χ0) is 36.1. The van der Waals surface area contributed by atoms with Crippen molar-refractivity contribution in [3.8, 4) is 11.1 Å². The van der Waals surface area contributed by atoms with Crippen molar-refractivity contribution in [3.05, 3.63) is 83.2 Å². The molecule has 6 rings (SSSR count). The van der Waals surface area contributed by atoms with Crippen molar-refractivity contribution in [2.24, 2.45) is 17.6 Å². The van der Waals surface area contributed by atoms with Gasteiger partial charge in [-0.3, -0.25) is 14.4 Å². The van der Waals surface area contributed by atoms with Gasteiger partial charge >= 0.3 is 6.18 Å². The highest BCUT2D eigenvalue weighted by molar-refractivity contribution is 5.99. The van der Waals surface area contributed by atoms with Crippen LogP contribution in [-0.4, -0.2) is 59.4 Å². The third kappa shape index (κ3) is 9.50. The van der Waals surface area contributed by atoms with Gasteiger partial charge in [0, 0.05) is 29.6 Å². The standard InChI is InChI=1S/C38H44F3N7O3.ClH/c1-22-18-27(35(50)44-28-14-16-43-17-15-28)10-12-30(22)25-6-2-23(3-7-25)19-33(46-34(49)26-8-4-24(21-42)5-9-26)36(51)45-29-11-13-31-32(20-29)48-37(47-31)38(39,40)41;/h2-3,6-7,10-13,18,20,24,26,28,33,43H,4-5,8-9,14-17,19,21,42H2,1H3,(H,44,50)(H,45,51)(H,46,49)(H,47,48);1H/t24?,26?,33-;/m0./s1. The predicted octanol–water partition coefficient (Wildman–Crippen LogP) is 5.89. The van der Waals surface area contributed by atoms with Gasteiger partial charge in [-0.25, -0.2) is 4.98 Å². The number of anilines is 1. The van der Waals surface area contributed by atoms with Crippen molar-refractivity contribution in [3.63, 3.8) is 0 Å². The second-order valence-electron chi connectivity index (χ2n) is 13.7. The summed E-state index contributed by atoms with van der Waals surface area (Å²) in [7, 11) is 0. The second-order valence-corrected chi connectivity index (χ2v) is 13.7. The summed E-state index contributed by atoms with van der Waals surface area (Å²) in [4.78, 5) is 45.8. The number of nitrogens with one attached hydrogen (secondary N) is 5. The molecule has 0 radical (unpaired) electrons. The highest BCUT2D eigenvalue weighted by Crippen LogP contribution is 2.31. The Morgan fingerprint density at radius 2 is 1.65 bits per heavy atom. The summed E-state index contributed by atoms with van der Waals surface area (Å²) in [5.41, 5.74) is 10.6. The molecule has 3 aromatic carbocycles. The molecule has 278 valence electrons. The van der Waals surface area contributed by atoms with E-state index in [0.717, 1.165) is 61.0 Å². The van der Waals surface area contributed by atoms with Gasteiger partial charge in [-0.2, -0.15) is 13.2 Å². The van der Waals surface area contributed by atoms with Crippen LogP contribution in [0.3, 0.4) is 0 Å². The lowest BCUT2D eigenvalue weighted by atomic mass is 9.81. The topological polar surface area (TPSA) is 154 Å². The fourth-order valence-electron chi connectivity index (χ4n) is 7.03. The number of aryl methyl sites for hydroxylation is 1.